The molecule has 2 heterocycles. The maximum atomic E-state index is 11.7. The van der Waals surface area contributed by atoms with E-state index >= 15 is 0 Å². The van der Waals surface area contributed by atoms with E-state index in [2.05, 4.69) is 10.3 Å². The summed E-state index contributed by atoms with van der Waals surface area (Å²) in [6.07, 6.45) is 3.47. The van der Waals surface area contributed by atoms with Crippen LogP contribution in [-0.2, 0) is 4.74 Å². The minimum Gasteiger partial charge on any atom is -0.465 e. The van der Waals surface area contributed by atoms with E-state index < -0.39 is 0 Å². The minimum absolute atomic E-state index is 0.309. The van der Waals surface area contributed by atoms with Crippen LogP contribution < -0.4 is 5.32 Å². The zero-order valence-corrected chi connectivity index (χ0v) is 11.1. The summed E-state index contributed by atoms with van der Waals surface area (Å²) in [6, 6.07) is 5.81. The number of hydrogen-bond acceptors (Lipinski definition) is 5. The summed E-state index contributed by atoms with van der Waals surface area (Å²) in [5.41, 5.74) is 1.87. The number of aromatic nitrogens is 1. The summed E-state index contributed by atoms with van der Waals surface area (Å²) in [5.74, 6) is -0.309. The van der Waals surface area contributed by atoms with Crippen molar-refractivity contribution in [3.8, 4) is 10.4 Å². The molecule has 5 heteroatoms. The maximum Gasteiger partial charge on any atom is 0.350 e. The number of rotatable bonds is 4. The van der Waals surface area contributed by atoms with E-state index in [1.54, 1.807) is 12.4 Å². The monoisotopic (exact) mass is 262 g/mol. The second-order valence-electron chi connectivity index (χ2n) is 3.61. The molecule has 2 rings (SSSR count). The summed E-state index contributed by atoms with van der Waals surface area (Å²) in [7, 11) is 1.39. The van der Waals surface area contributed by atoms with Gasteiger partial charge in [0.25, 0.3) is 0 Å². The van der Waals surface area contributed by atoms with Crippen molar-refractivity contribution in [3.63, 3.8) is 0 Å². The van der Waals surface area contributed by atoms with Crippen molar-refractivity contribution >= 4 is 23.0 Å². The molecular formula is C13H14N2O2S. The Morgan fingerprint density at radius 1 is 1.44 bits per heavy atom. The molecule has 4 nitrogen and oxygen atoms in total. The predicted octanol–water partition coefficient (Wildman–Crippen LogP) is 3.03. The van der Waals surface area contributed by atoms with Gasteiger partial charge in [-0.05, 0) is 30.7 Å². The van der Waals surface area contributed by atoms with Gasteiger partial charge in [-0.25, -0.2) is 4.79 Å². The zero-order chi connectivity index (χ0) is 13.0. The van der Waals surface area contributed by atoms with Gasteiger partial charge in [0.15, 0.2) is 0 Å². The highest BCUT2D eigenvalue weighted by atomic mass is 32.1. The molecule has 2 aromatic heterocycles. The molecular weight excluding hydrogens is 248 g/mol. The Labute approximate surface area is 110 Å². The van der Waals surface area contributed by atoms with E-state index in [4.69, 9.17) is 4.74 Å². The van der Waals surface area contributed by atoms with Crippen LogP contribution in [0.4, 0.5) is 5.69 Å². The molecule has 18 heavy (non-hydrogen) atoms. The quantitative estimate of drug-likeness (QED) is 0.860. The lowest BCUT2D eigenvalue weighted by molar-refractivity contribution is 0.0607. The van der Waals surface area contributed by atoms with Gasteiger partial charge in [-0.1, -0.05) is 0 Å². The fraction of sp³-hybridized carbons (Fsp3) is 0.231. The SMILES string of the molecule is CCNc1cc(-c2ccncc2)sc1C(=O)OC. The number of carbonyl (C=O) groups excluding carboxylic acids is 1. The molecule has 94 valence electrons. The van der Waals surface area contributed by atoms with E-state index in [9.17, 15) is 4.79 Å². The van der Waals surface area contributed by atoms with E-state index in [0.29, 0.717) is 4.88 Å². The van der Waals surface area contributed by atoms with Crippen LogP contribution >= 0.6 is 11.3 Å². The van der Waals surface area contributed by atoms with Gasteiger partial charge in [-0.15, -0.1) is 11.3 Å². The Bertz CT molecular complexity index is 537. The summed E-state index contributed by atoms with van der Waals surface area (Å²) in [4.78, 5) is 17.3. The number of nitrogens with zero attached hydrogens (tertiary/aromatic N) is 1. The highest BCUT2D eigenvalue weighted by Gasteiger charge is 2.17. The van der Waals surface area contributed by atoms with Crippen molar-refractivity contribution < 1.29 is 9.53 Å². The lowest BCUT2D eigenvalue weighted by Crippen LogP contribution is -2.04. The Kier molecular flexibility index (Phi) is 3.94. The van der Waals surface area contributed by atoms with Crippen molar-refractivity contribution in [1.82, 2.24) is 4.98 Å². The number of ether oxygens (including phenoxy) is 1. The molecule has 0 aromatic carbocycles. The molecule has 0 saturated heterocycles. The van der Waals surface area contributed by atoms with Gasteiger partial charge in [-0.2, -0.15) is 0 Å². The number of esters is 1. The number of methoxy groups -OCH3 is 1. The van der Waals surface area contributed by atoms with Crippen LogP contribution in [0.3, 0.4) is 0 Å². The molecule has 0 fully saturated rings. The van der Waals surface area contributed by atoms with E-state index in [-0.39, 0.29) is 5.97 Å². The van der Waals surface area contributed by atoms with Gasteiger partial charge in [0.05, 0.1) is 12.8 Å². The van der Waals surface area contributed by atoms with Crippen molar-refractivity contribution in [1.29, 1.82) is 0 Å². The first-order valence-corrected chi connectivity index (χ1v) is 6.44. The van der Waals surface area contributed by atoms with Crippen LogP contribution in [0.1, 0.15) is 16.6 Å². The van der Waals surface area contributed by atoms with Crippen LogP contribution in [-0.4, -0.2) is 24.6 Å². The Morgan fingerprint density at radius 3 is 2.78 bits per heavy atom. The third kappa shape index (κ3) is 2.51. The number of nitrogens with one attached hydrogen (secondary N) is 1. The summed E-state index contributed by atoms with van der Waals surface area (Å²) in [5, 5.41) is 3.18. The highest BCUT2D eigenvalue weighted by molar-refractivity contribution is 7.18. The second kappa shape index (κ2) is 5.64. The lowest BCUT2D eigenvalue weighted by Gasteiger charge is -2.02. The van der Waals surface area contributed by atoms with E-state index in [0.717, 1.165) is 22.7 Å². The number of pyridine rings is 1. The van der Waals surface area contributed by atoms with Crippen molar-refractivity contribution in [2.24, 2.45) is 0 Å². The van der Waals surface area contributed by atoms with Crippen LogP contribution in [0, 0.1) is 0 Å². The second-order valence-corrected chi connectivity index (χ2v) is 4.66. The number of thiophene rings is 1. The molecule has 2 aromatic rings. The first kappa shape index (κ1) is 12.6. The Morgan fingerprint density at radius 2 is 2.17 bits per heavy atom. The standard InChI is InChI=1S/C13H14N2O2S/c1-3-15-10-8-11(9-4-6-14-7-5-9)18-12(10)13(16)17-2/h4-8,15H,3H2,1-2H3. The van der Waals surface area contributed by atoms with Gasteiger partial charge in [0.1, 0.15) is 4.88 Å². The Balaban J connectivity index is 2.42. The van der Waals surface area contributed by atoms with Gasteiger partial charge >= 0.3 is 5.97 Å². The fourth-order valence-corrected chi connectivity index (χ4v) is 2.67. The van der Waals surface area contributed by atoms with Gasteiger partial charge in [0, 0.05) is 23.8 Å². The normalized spacial score (nSPS) is 10.1. The first-order valence-electron chi connectivity index (χ1n) is 5.62. The minimum atomic E-state index is -0.309. The summed E-state index contributed by atoms with van der Waals surface area (Å²) >= 11 is 1.42. The van der Waals surface area contributed by atoms with Gasteiger partial charge < -0.3 is 10.1 Å². The molecule has 0 radical (unpaired) electrons. The maximum absolute atomic E-state index is 11.7. The average Bonchev–Trinajstić information content (AvgIpc) is 2.83. The Hall–Kier alpha value is -1.88. The molecule has 0 bridgehead atoms. The van der Waals surface area contributed by atoms with Crippen molar-refractivity contribution in [2.75, 3.05) is 19.0 Å². The molecule has 0 atom stereocenters. The fourth-order valence-electron chi connectivity index (χ4n) is 1.62. The van der Waals surface area contributed by atoms with Crippen molar-refractivity contribution in [3.05, 3.63) is 35.5 Å². The summed E-state index contributed by atoms with van der Waals surface area (Å²) < 4.78 is 4.79. The number of carbonyl (C=O) groups is 1. The van der Waals surface area contributed by atoms with E-state index in [1.165, 1.54) is 18.4 Å². The van der Waals surface area contributed by atoms with Gasteiger partial charge in [-0.3, -0.25) is 4.98 Å². The summed E-state index contributed by atoms with van der Waals surface area (Å²) in [6.45, 7) is 2.75. The first-order chi connectivity index (χ1) is 8.76. The zero-order valence-electron chi connectivity index (χ0n) is 10.3. The molecule has 0 aliphatic carbocycles. The van der Waals surface area contributed by atoms with Crippen LogP contribution in [0.5, 0.6) is 0 Å². The lowest BCUT2D eigenvalue weighted by atomic mass is 10.2. The van der Waals surface area contributed by atoms with Crippen LogP contribution in [0.15, 0.2) is 30.6 Å². The largest absolute Gasteiger partial charge is 0.465 e. The molecule has 0 saturated carbocycles. The topological polar surface area (TPSA) is 51.2 Å². The average molecular weight is 262 g/mol. The molecule has 0 aliphatic rings. The molecule has 1 N–H and O–H groups in total. The van der Waals surface area contributed by atoms with Crippen LogP contribution in [0.2, 0.25) is 0 Å². The number of hydrogen-bond donors (Lipinski definition) is 1. The number of anilines is 1. The predicted molar refractivity (Wildman–Crippen MR) is 73.1 cm³/mol. The van der Waals surface area contributed by atoms with Crippen molar-refractivity contribution in [2.45, 2.75) is 6.92 Å². The molecule has 0 aliphatic heterocycles. The third-order valence-corrected chi connectivity index (χ3v) is 3.60. The molecule has 0 amide bonds. The third-order valence-electron chi connectivity index (χ3n) is 2.43. The smallest absolute Gasteiger partial charge is 0.350 e. The van der Waals surface area contributed by atoms with E-state index in [1.807, 2.05) is 25.1 Å². The van der Waals surface area contributed by atoms with Gasteiger partial charge in [0.2, 0.25) is 0 Å². The molecule has 0 spiro atoms. The van der Waals surface area contributed by atoms with Crippen LogP contribution in [0.25, 0.3) is 10.4 Å². The highest BCUT2D eigenvalue weighted by Crippen LogP contribution is 2.34. The molecule has 0 unspecified atom stereocenters.